The molecule has 2 N–H and O–H groups in total. The Labute approximate surface area is 174 Å². The molecule has 0 amide bonds. The van der Waals surface area contributed by atoms with E-state index < -0.39 is 0 Å². The summed E-state index contributed by atoms with van der Waals surface area (Å²) in [6, 6.07) is 0.421. The van der Waals surface area contributed by atoms with Gasteiger partial charge in [0.1, 0.15) is 12.4 Å². The summed E-state index contributed by atoms with van der Waals surface area (Å²) in [5, 5.41) is 15.2. The molecule has 0 fully saturated rings. The number of halogens is 1. The summed E-state index contributed by atoms with van der Waals surface area (Å²) in [4.78, 5) is 4.70. The van der Waals surface area contributed by atoms with Gasteiger partial charge in [-0.2, -0.15) is 11.8 Å². The molecule has 0 bridgehead atoms. The summed E-state index contributed by atoms with van der Waals surface area (Å²) in [5.74, 6) is 3.84. The van der Waals surface area contributed by atoms with Gasteiger partial charge >= 0.3 is 0 Å². The van der Waals surface area contributed by atoms with Gasteiger partial charge in [0.15, 0.2) is 11.8 Å². The van der Waals surface area contributed by atoms with Gasteiger partial charge in [-0.05, 0) is 38.7 Å². The number of nitrogens with zero attached hydrogens (tertiary/aromatic N) is 4. The maximum absolute atomic E-state index is 4.70. The van der Waals surface area contributed by atoms with Crippen LogP contribution >= 0.6 is 35.7 Å². The molecule has 6 nitrogen and oxygen atoms in total. The minimum absolute atomic E-state index is 0. The molecule has 1 atom stereocenters. The van der Waals surface area contributed by atoms with Crippen molar-refractivity contribution in [3.8, 4) is 0 Å². The second-order valence-corrected chi connectivity index (χ2v) is 7.19. The summed E-state index contributed by atoms with van der Waals surface area (Å²) in [5.41, 5.74) is 0. The monoisotopic (exact) mass is 482 g/mol. The van der Waals surface area contributed by atoms with Crippen molar-refractivity contribution in [2.24, 2.45) is 12.0 Å². The van der Waals surface area contributed by atoms with Crippen molar-refractivity contribution in [2.75, 3.05) is 18.6 Å². The minimum Gasteiger partial charge on any atom is -0.356 e. The van der Waals surface area contributed by atoms with Gasteiger partial charge in [0.25, 0.3) is 0 Å². The van der Waals surface area contributed by atoms with E-state index in [1.54, 1.807) is 0 Å². The summed E-state index contributed by atoms with van der Waals surface area (Å²) in [6.45, 7) is 7.89. The minimum atomic E-state index is 0. The molecule has 146 valence electrons. The molecule has 1 unspecified atom stereocenters. The zero-order valence-electron chi connectivity index (χ0n) is 16.3. The number of hydrogen-bond donors (Lipinski definition) is 2. The smallest absolute Gasteiger partial charge is 0.191 e. The lowest BCUT2D eigenvalue weighted by Crippen LogP contribution is -2.42. The number of rotatable bonds is 11. The van der Waals surface area contributed by atoms with Crippen LogP contribution in [-0.2, 0) is 13.6 Å². The molecular formula is C17H35IN6S. The Morgan fingerprint density at radius 1 is 1.28 bits per heavy atom. The van der Waals surface area contributed by atoms with Crippen molar-refractivity contribution in [1.29, 1.82) is 0 Å². The van der Waals surface area contributed by atoms with Gasteiger partial charge in [-0.15, -0.1) is 34.2 Å². The first-order valence-corrected chi connectivity index (χ1v) is 10.4. The van der Waals surface area contributed by atoms with E-state index in [4.69, 9.17) is 4.99 Å². The Bertz CT molecular complexity index is 491. The van der Waals surface area contributed by atoms with Crippen molar-refractivity contribution in [3.05, 3.63) is 11.6 Å². The molecule has 0 aromatic carbocycles. The molecule has 0 aliphatic carbocycles. The Balaban J connectivity index is 0.00000576. The van der Waals surface area contributed by atoms with Crippen molar-refractivity contribution in [3.63, 3.8) is 0 Å². The quantitative estimate of drug-likeness (QED) is 0.219. The molecule has 25 heavy (non-hydrogen) atoms. The van der Waals surface area contributed by atoms with Crippen LogP contribution in [0.3, 0.4) is 0 Å². The van der Waals surface area contributed by atoms with E-state index in [0.717, 1.165) is 36.3 Å². The Morgan fingerprint density at radius 2 is 2.04 bits per heavy atom. The van der Waals surface area contributed by atoms with E-state index in [9.17, 15) is 0 Å². The van der Waals surface area contributed by atoms with Crippen LogP contribution in [0.2, 0.25) is 0 Å². The van der Waals surface area contributed by atoms with Crippen LogP contribution in [0.25, 0.3) is 0 Å². The maximum Gasteiger partial charge on any atom is 0.191 e. The first kappa shape index (κ1) is 24.5. The Hall–Kier alpha value is -0.510. The van der Waals surface area contributed by atoms with Crippen LogP contribution in [0.5, 0.6) is 0 Å². The number of nitrogens with one attached hydrogen (secondary N) is 2. The fourth-order valence-electron chi connectivity index (χ4n) is 2.32. The molecule has 0 saturated carbocycles. The van der Waals surface area contributed by atoms with E-state index in [1.165, 1.54) is 25.7 Å². The molecule has 1 heterocycles. The van der Waals surface area contributed by atoms with Gasteiger partial charge in [-0.25, -0.2) is 4.99 Å². The summed E-state index contributed by atoms with van der Waals surface area (Å²) >= 11 is 1.87. The predicted octanol–water partition coefficient (Wildman–Crippen LogP) is 3.50. The lowest BCUT2D eigenvalue weighted by Gasteiger charge is -2.18. The van der Waals surface area contributed by atoms with Gasteiger partial charge in [0, 0.05) is 19.6 Å². The van der Waals surface area contributed by atoms with Crippen LogP contribution in [-0.4, -0.2) is 45.3 Å². The highest BCUT2D eigenvalue weighted by molar-refractivity contribution is 14.0. The van der Waals surface area contributed by atoms with E-state index in [1.807, 2.05) is 30.3 Å². The van der Waals surface area contributed by atoms with Crippen LogP contribution in [0.4, 0.5) is 0 Å². The van der Waals surface area contributed by atoms with Crippen LogP contribution in [0, 0.1) is 6.92 Å². The number of thioether (sulfide) groups is 1. The molecule has 0 aliphatic rings. The summed E-state index contributed by atoms with van der Waals surface area (Å²) < 4.78 is 1.99. The third-order valence-electron chi connectivity index (χ3n) is 4.00. The van der Waals surface area contributed by atoms with Crippen molar-refractivity contribution >= 4 is 41.7 Å². The highest BCUT2D eigenvalue weighted by atomic mass is 127. The fourth-order valence-corrected chi connectivity index (χ4v) is 2.75. The first-order valence-electron chi connectivity index (χ1n) is 8.97. The second-order valence-electron chi connectivity index (χ2n) is 6.20. The topological polar surface area (TPSA) is 67.1 Å². The number of hydrogen-bond acceptors (Lipinski definition) is 4. The van der Waals surface area contributed by atoms with E-state index >= 15 is 0 Å². The molecule has 0 aliphatic heterocycles. The molecular weight excluding hydrogens is 447 g/mol. The van der Waals surface area contributed by atoms with Crippen molar-refractivity contribution in [2.45, 2.75) is 65.5 Å². The lowest BCUT2D eigenvalue weighted by molar-refractivity contribution is 0.545. The summed E-state index contributed by atoms with van der Waals surface area (Å²) in [6.07, 6.45) is 8.24. The van der Waals surface area contributed by atoms with Gasteiger partial charge < -0.3 is 15.2 Å². The second kappa shape index (κ2) is 14.6. The number of aryl methyl sites for hydroxylation is 1. The molecule has 0 radical (unpaired) electrons. The SMILES string of the molecule is CCCCCC(C)NC(=NCc1nnc(C)n1C)NCCCSC.I. The average molecular weight is 482 g/mol. The Morgan fingerprint density at radius 3 is 2.64 bits per heavy atom. The van der Waals surface area contributed by atoms with Crippen molar-refractivity contribution in [1.82, 2.24) is 25.4 Å². The van der Waals surface area contributed by atoms with E-state index in [-0.39, 0.29) is 24.0 Å². The number of aliphatic imine (C=N–C) groups is 1. The van der Waals surface area contributed by atoms with Gasteiger partial charge in [-0.3, -0.25) is 0 Å². The first-order chi connectivity index (χ1) is 11.6. The van der Waals surface area contributed by atoms with Crippen LogP contribution in [0.15, 0.2) is 4.99 Å². The zero-order valence-corrected chi connectivity index (χ0v) is 19.5. The predicted molar refractivity (Wildman–Crippen MR) is 120 cm³/mol. The third-order valence-corrected chi connectivity index (χ3v) is 4.70. The molecule has 8 heteroatoms. The van der Waals surface area contributed by atoms with Crippen molar-refractivity contribution < 1.29 is 0 Å². The molecule has 1 aromatic heterocycles. The molecule has 0 spiro atoms. The van der Waals surface area contributed by atoms with Gasteiger partial charge in [-0.1, -0.05) is 26.2 Å². The highest BCUT2D eigenvalue weighted by Crippen LogP contribution is 2.03. The zero-order chi connectivity index (χ0) is 17.8. The Kier molecular flexibility index (Phi) is 14.3. The van der Waals surface area contributed by atoms with Gasteiger partial charge in [0.05, 0.1) is 0 Å². The molecule has 0 saturated heterocycles. The normalized spacial score (nSPS) is 12.6. The average Bonchev–Trinajstić information content (AvgIpc) is 2.88. The number of guanidine groups is 1. The maximum atomic E-state index is 4.70. The number of aromatic nitrogens is 3. The molecule has 1 aromatic rings. The largest absolute Gasteiger partial charge is 0.356 e. The van der Waals surface area contributed by atoms with E-state index in [2.05, 4.69) is 40.9 Å². The third kappa shape index (κ3) is 10.3. The van der Waals surface area contributed by atoms with Crippen LogP contribution < -0.4 is 10.6 Å². The lowest BCUT2D eigenvalue weighted by atomic mass is 10.1. The van der Waals surface area contributed by atoms with E-state index in [0.29, 0.717) is 12.6 Å². The summed E-state index contributed by atoms with van der Waals surface area (Å²) in [7, 11) is 1.98. The standard InChI is InChI=1S/C17H34N6S.HI/c1-6-7-8-10-14(2)20-17(18-11-9-12-24-5)19-13-16-22-21-15(3)23(16)4;/h14H,6-13H2,1-5H3,(H2,18,19,20);1H. The van der Waals surface area contributed by atoms with Crippen LogP contribution in [0.1, 0.15) is 57.6 Å². The molecule has 1 rings (SSSR count). The van der Waals surface area contributed by atoms with Gasteiger partial charge in [0.2, 0.25) is 0 Å². The highest BCUT2D eigenvalue weighted by Gasteiger charge is 2.08. The fraction of sp³-hybridized carbons (Fsp3) is 0.824. The number of unbranched alkanes of at least 4 members (excludes halogenated alkanes) is 2.